The van der Waals surface area contributed by atoms with Crippen LogP contribution in [0.4, 0.5) is 0 Å². The highest BCUT2D eigenvalue weighted by Crippen LogP contribution is 2.26. The van der Waals surface area contributed by atoms with Crippen LogP contribution in [0.1, 0.15) is 56.6 Å². The summed E-state index contributed by atoms with van der Waals surface area (Å²) in [7, 11) is 0. The lowest BCUT2D eigenvalue weighted by atomic mass is 9.89. The molecule has 1 aromatic rings. The third-order valence-electron chi connectivity index (χ3n) is 3.40. The summed E-state index contributed by atoms with van der Waals surface area (Å²) in [6.45, 7) is 6.90. The first kappa shape index (κ1) is 14.2. The van der Waals surface area contributed by atoms with Gasteiger partial charge >= 0.3 is 0 Å². The Hall–Kier alpha value is -0.860. The normalized spacial score (nSPS) is 14.9. The molecule has 2 nitrogen and oxygen atoms in total. The van der Waals surface area contributed by atoms with Gasteiger partial charge in [0.15, 0.2) is 0 Å². The van der Waals surface area contributed by atoms with Gasteiger partial charge in [0, 0.05) is 6.54 Å². The maximum absolute atomic E-state index is 9.64. The van der Waals surface area contributed by atoms with Gasteiger partial charge in [-0.3, -0.25) is 0 Å². The van der Waals surface area contributed by atoms with Crippen LogP contribution in [0.5, 0.6) is 0 Å². The SMILES string of the molecule is CCC(CC(O)CN)c1ccc(C(C)C)cc1. The highest BCUT2D eigenvalue weighted by molar-refractivity contribution is 5.27. The summed E-state index contributed by atoms with van der Waals surface area (Å²) in [4.78, 5) is 0. The molecule has 0 aliphatic carbocycles. The molecule has 0 amide bonds. The molecule has 0 aromatic heterocycles. The van der Waals surface area contributed by atoms with Crippen molar-refractivity contribution >= 4 is 0 Å². The van der Waals surface area contributed by atoms with Gasteiger partial charge in [-0.25, -0.2) is 0 Å². The van der Waals surface area contributed by atoms with Crippen molar-refractivity contribution in [3.05, 3.63) is 35.4 Å². The Labute approximate surface area is 105 Å². The van der Waals surface area contributed by atoms with Crippen molar-refractivity contribution in [2.75, 3.05) is 6.54 Å². The maximum atomic E-state index is 9.64. The lowest BCUT2D eigenvalue weighted by Gasteiger charge is -2.19. The van der Waals surface area contributed by atoms with E-state index >= 15 is 0 Å². The Morgan fingerprint density at radius 1 is 1.12 bits per heavy atom. The molecule has 96 valence electrons. The molecule has 0 aliphatic heterocycles. The topological polar surface area (TPSA) is 46.2 Å². The minimum Gasteiger partial charge on any atom is -0.392 e. The fraction of sp³-hybridized carbons (Fsp3) is 0.600. The van der Waals surface area contributed by atoms with Crippen LogP contribution in [0.25, 0.3) is 0 Å². The van der Waals surface area contributed by atoms with E-state index in [1.165, 1.54) is 11.1 Å². The quantitative estimate of drug-likeness (QED) is 0.796. The third kappa shape index (κ3) is 4.14. The second kappa shape index (κ2) is 6.77. The fourth-order valence-corrected chi connectivity index (χ4v) is 2.12. The monoisotopic (exact) mass is 235 g/mol. The summed E-state index contributed by atoms with van der Waals surface area (Å²) >= 11 is 0. The van der Waals surface area contributed by atoms with Gasteiger partial charge in [0.05, 0.1) is 6.10 Å². The smallest absolute Gasteiger partial charge is 0.0668 e. The van der Waals surface area contributed by atoms with Gasteiger partial charge in [-0.05, 0) is 35.8 Å². The molecule has 0 saturated heterocycles. The Kier molecular flexibility index (Phi) is 5.66. The first-order chi connectivity index (χ1) is 8.08. The molecule has 1 aromatic carbocycles. The van der Waals surface area contributed by atoms with E-state index in [1.807, 2.05) is 0 Å². The van der Waals surface area contributed by atoms with E-state index in [9.17, 15) is 5.11 Å². The molecule has 0 spiro atoms. The Bertz CT molecular complexity index is 318. The van der Waals surface area contributed by atoms with Crippen LogP contribution in [0.3, 0.4) is 0 Å². The van der Waals surface area contributed by atoms with Crippen LogP contribution in [0, 0.1) is 0 Å². The van der Waals surface area contributed by atoms with Crippen molar-refractivity contribution in [2.45, 2.75) is 51.6 Å². The predicted molar refractivity (Wildman–Crippen MR) is 73.2 cm³/mol. The molecule has 0 aliphatic rings. The standard InChI is InChI=1S/C15H25NO/c1-4-12(9-15(17)10-16)14-7-5-13(6-8-14)11(2)3/h5-8,11-12,15,17H,4,9-10,16H2,1-3H3. The van der Waals surface area contributed by atoms with E-state index in [0.717, 1.165) is 12.8 Å². The molecule has 0 bridgehead atoms. The van der Waals surface area contributed by atoms with Crippen molar-refractivity contribution in [2.24, 2.45) is 5.73 Å². The van der Waals surface area contributed by atoms with Crippen LogP contribution < -0.4 is 5.73 Å². The maximum Gasteiger partial charge on any atom is 0.0668 e. The number of hydrogen-bond donors (Lipinski definition) is 2. The molecule has 0 radical (unpaired) electrons. The number of nitrogens with two attached hydrogens (primary N) is 1. The van der Waals surface area contributed by atoms with Crippen molar-refractivity contribution in [3.8, 4) is 0 Å². The largest absolute Gasteiger partial charge is 0.392 e. The van der Waals surface area contributed by atoms with Gasteiger partial charge < -0.3 is 10.8 Å². The number of aliphatic hydroxyl groups is 1. The van der Waals surface area contributed by atoms with E-state index in [4.69, 9.17) is 5.73 Å². The van der Waals surface area contributed by atoms with E-state index < -0.39 is 0 Å². The van der Waals surface area contributed by atoms with E-state index in [1.54, 1.807) is 0 Å². The van der Waals surface area contributed by atoms with Crippen molar-refractivity contribution in [1.82, 2.24) is 0 Å². The van der Waals surface area contributed by atoms with Crippen molar-refractivity contribution in [3.63, 3.8) is 0 Å². The zero-order chi connectivity index (χ0) is 12.8. The Morgan fingerprint density at radius 3 is 2.06 bits per heavy atom. The number of hydrogen-bond acceptors (Lipinski definition) is 2. The molecular formula is C15H25NO. The summed E-state index contributed by atoms with van der Waals surface area (Å²) in [6.07, 6.45) is 1.41. The van der Waals surface area contributed by atoms with Gasteiger partial charge in [-0.2, -0.15) is 0 Å². The van der Waals surface area contributed by atoms with Gasteiger partial charge in [-0.1, -0.05) is 45.0 Å². The Balaban J connectivity index is 2.75. The minimum atomic E-state index is -0.385. The van der Waals surface area contributed by atoms with Crippen LogP contribution in [0.15, 0.2) is 24.3 Å². The van der Waals surface area contributed by atoms with Crippen molar-refractivity contribution < 1.29 is 5.11 Å². The molecule has 0 saturated carbocycles. The van der Waals surface area contributed by atoms with Gasteiger partial charge in [-0.15, -0.1) is 0 Å². The first-order valence-corrected chi connectivity index (χ1v) is 6.56. The summed E-state index contributed by atoms with van der Waals surface area (Å²) in [5, 5.41) is 9.64. The lowest BCUT2D eigenvalue weighted by Crippen LogP contribution is -2.22. The number of benzene rings is 1. The summed E-state index contributed by atoms with van der Waals surface area (Å²) in [5.41, 5.74) is 8.14. The van der Waals surface area contributed by atoms with Gasteiger partial charge in [0.2, 0.25) is 0 Å². The number of aliphatic hydroxyl groups excluding tert-OH is 1. The van der Waals surface area contributed by atoms with Crippen LogP contribution in [0.2, 0.25) is 0 Å². The second-order valence-corrected chi connectivity index (χ2v) is 5.05. The predicted octanol–water partition coefficient (Wildman–Crippen LogP) is 3.01. The molecule has 2 unspecified atom stereocenters. The van der Waals surface area contributed by atoms with E-state index in [0.29, 0.717) is 18.4 Å². The van der Waals surface area contributed by atoms with Crippen molar-refractivity contribution in [1.29, 1.82) is 0 Å². The van der Waals surface area contributed by atoms with E-state index in [-0.39, 0.29) is 6.10 Å². The molecule has 2 heteroatoms. The average molecular weight is 235 g/mol. The lowest BCUT2D eigenvalue weighted by molar-refractivity contribution is 0.162. The summed E-state index contributed by atoms with van der Waals surface area (Å²) in [6, 6.07) is 8.76. The molecule has 3 N–H and O–H groups in total. The van der Waals surface area contributed by atoms with E-state index in [2.05, 4.69) is 45.0 Å². The van der Waals surface area contributed by atoms with Crippen LogP contribution >= 0.6 is 0 Å². The molecule has 2 atom stereocenters. The zero-order valence-corrected chi connectivity index (χ0v) is 11.2. The molecule has 1 rings (SSSR count). The highest BCUT2D eigenvalue weighted by atomic mass is 16.3. The average Bonchev–Trinajstić information content (AvgIpc) is 2.35. The Morgan fingerprint density at radius 2 is 1.65 bits per heavy atom. The summed E-state index contributed by atoms with van der Waals surface area (Å²) in [5.74, 6) is 0.980. The van der Waals surface area contributed by atoms with Gasteiger partial charge in [0.25, 0.3) is 0 Å². The zero-order valence-electron chi connectivity index (χ0n) is 11.2. The third-order valence-corrected chi connectivity index (χ3v) is 3.40. The fourth-order valence-electron chi connectivity index (χ4n) is 2.12. The first-order valence-electron chi connectivity index (χ1n) is 6.56. The second-order valence-electron chi connectivity index (χ2n) is 5.05. The molecular weight excluding hydrogens is 210 g/mol. The highest BCUT2D eigenvalue weighted by Gasteiger charge is 2.14. The molecule has 17 heavy (non-hydrogen) atoms. The molecule has 0 heterocycles. The van der Waals surface area contributed by atoms with Crippen LogP contribution in [-0.2, 0) is 0 Å². The van der Waals surface area contributed by atoms with Crippen LogP contribution in [-0.4, -0.2) is 17.8 Å². The van der Waals surface area contributed by atoms with Gasteiger partial charge in [0.1, 0.15) is 0 Å². The number of rotatable bonds is 6. The minimum absolute atomic E-state index is 0.348. The summed E-state index contributed by atoms with van der Waals surface area (Å²) < 4.78 is 0. The molecule has 0 fully saturated rings.